The summed E-state index contributed by atoms with van der Waals surface area (Å²) in [6.45, 7) is 1.57. The van der Waals surface area contributed by atoms with Crippen LogP contribution in [0.4, 0.5) is 17.6 Å². The number of likely N-dealkylation sites (tertiary alicyclic amines) is 1. The number of hydrogen-bond donors (Lipinski definition) is 0. The first kappa shape index (κ1) is 27.1. The van der Waals surface area contributed by atoms with Crippen LogP contribution >= 0.6 is 11.8 Å². The summed E-state index contributed by atoms with van der Waals surface area (Å²) < 4.78 is 56.9. The van der Waals surface area contributed by atoms with Gasteiger partial charge in [-0.2, -0.15) is 22.7 Å². The molecule has 7 nitrogen and oxygen atoms in total. The molecule has 0 radical (unpaired) electrons. The van der Waals surface area contributed by atoms with E-state index in [1.54, 1.807) is 6.21 Å². The normalized spacial score (nSPS) is 27.6. The van der Waals surface area contributed by atoms with Crippen molar-refractivity contribution in [2.24, 2.45) is 28.9 Å². The van der Waals surface area contributed by atoms with Crippen LogP contribution in [0.2, 0.25) is 0 Å². The fourth-order valence-corrected chi connectivity index (χ4v) is 6.27. The van der Waals surface area contributed by atoms with E-state index in [1.807, 2.05) is 0 Å². The second-order valence-electron chi connectivity index (χ2n) is 9.94. The van der Waals surface area contributed by atoms with Crippen LogP contribution in [-0.4, -0.2) is 75.7 Å². The number of carbonyl (C=O) groups excluding carboxylic acids is 1. The molecule has 2 unspecified atom stereocenters. The van der Waals surface area contributed by atoms with Gasteiger partial charge in [0.1, 0.15) is 0 Å². The summed E-state index contributed by atoms with van der Waals surface area (Å²) in [5.74, 6) is 0.0758. The van der Waals surface area contributed by atoms with Gasteiger partial charge in [0, 0.05) is 30.6 Å². The lowest BCUT2D eigenvalue weighted by molar-refractivity contribution is -0.155. The Kier molecular flexibility index (Phi) is 9.08. The first-order valence-electron chi connectivity index (χ1n) is 12.6. The van der Waals surface area contributed by atoms with Gasteiger partial charge in [0.05, 0.1) is 18.7 Å². The second kappa shape index (κ2) is 12.1. The third kappa shape index (κ3) is 7.77. The zero-order chi connectivity index (χ0) is 25.7. The number of aromatic nitrogens is 2. The van der Waals surface area contributed by atoms with Gasteiger partial charge >= 0.3 is 6.18 Å². The molecular weight excluding hydrogens is 498 g/mol. The molecule has 0 spiro atoms. The van der Waals surface area contributed by atoms with Gasteiger partial charge in [-0.15, -0.1) is 0 Å². The van der Waals surface area contributed by atoms with Crippen molar-refractivity contribution < 1.29 is 27.1 Å². The largest absolute Gasteiger partial charge is 0.463 e. The molecule has 1 saturated carbocycles. The van der Waals surface area contributed by atoms with Crippen LogP contribution in [-0.2, 0) is 23.0 Å². The van der Waals surface area contributed by atoms with Gasteiger partial charge in [-0.05, 0) is 69.9 Å². The Morgan fingerprint density at radius 3 is 2.67 bits per heavy atom. The van der Waals surface area contributed by atoms with Gasteiger partial charge in [-0.1, -0.05) is 11.8 Å². The van der Waals surface area contributed by atoms with E-state index in [2.05, 4.69) is 20.0 Å². The minimum Gasteiger partial charge on any atom is -0.463 e. The van der Waals surface area contributed by atoms with Crippen LogP contribution in [0.15, 0.2) is 16.2 Å². The van der Waals surface area contributed by atoms with E-state index in [9.17, 15) is 22.4 Å². The highest BCUT2D eigenvalue weighted by Crippen LogP contribution is 2.35. The molecule has 1 amide bonds. The highest BCUT2D eigenvalue weighted by Gasteiger charge is 2.36. The summed E-state index contributed by atoms with van der Waals surface area (Å²) in [5, 5.41) is 4.19. The molecular formula is C24H33F4N5O2S. The van der Waals surface area contributed by atoms with Crippen molar-refractivity contribution in [2.45, 2.75) is 68.8 Å². The maximum atomic E-state index is 13.8. The molecule has 1 saturated heterocycles. The first-order valence-corrected chi connectivity index (χ1v) is 13.4. The smallest absolute Gasteiger partial charge is 0.422 e. The molecule has 1 aromatic rings. The lowest BCUT2D eigenvalue weighted by atomic mass is 9.81. The summed E-state index contributed by atoms with van der Waals surface area (Å²) in [7, 11) is 1.49. The third-order valence-corrected chi connectivity index (χ3v) is 8.51. The molecule has 0 aromatic carbocycles. The Morgan fingerprint density at radius 2 is 1.97 bits per heavy atom. The molecule has 3 aliphatic rings. The van der Waals surface area contributed by atoms with Gasteiger partial charge in [-0.3, -0.25) is 4.79 Å². The average molecular weight is 532 g/mol. The topological polar surface area (TPSA) is 72.1 Å². The molecule has 4 rings (SSSR count). The summed E-state index contributed by atoms with van der Waals surface area (Å²) in [6.07, 6.45) is 5.75. The van der Waals surface area contributed by atoms with E-state index in [-0.39, 0.29) is 40.3 Å². The van der Waals surface area contributed by atoms with E-state index in [0.29, 0.717) is 5.92 Å². The number of fused-ring (bicyclic) bond motifs is 1. The van der Waals surface area contributed by atoms with Gasteiger partial charge in [0.25, 0.3) is 0 Å². The number of thioether (sulfide) groups is 1. The number of amides is 1. The van der Waals surface area contributed by atoms with Crippen molar-refractivity contribution in [1.82, 2.24) is 14.7 Å². The molecule has 0 N–H and O–H groups in total. The standard InChI is InChI=1S/C24H33F4N5O2S/c1-32-22(25)18(14-30-32)12-21(34)29-13-17-4-2-16(3-5-17)6-9-33-10-7-19-20(8-11-33)36-23(31-19)35-15-24(26,27)28/h13-14,16-17,19-20H,2-12,15H2,1H3/b29-13+. The van der Waals surface area contributed by atoms with Gasteiger partial charge in [0.15, 0.2) is 6.61 Å². The molecule has 200 valence electrons. The Balaban J connectivity index is 1.12. The van der Waals surface area contributed by atoms with Crippen molar-refractivity contribution in [2.75, 3.05) is 26.2 Å². The monoisotopic (exact) mass is 531 g/mol. The van der Waals surface area contributed by atoms with Crippen LogP contribution in [0.1, 0.15) is 50.5 Å². The minimum atomic E-state index is -4.34. The average Bonchev–Trinajstić information content (AvgIpc) is 3.32. The van der Waals surface area contributed by atoms with E-state index >= 15 is 0 Å². The fraction of sp³-hybridized carbons (Fsp3) is 0.750. The number of rotatable bonds is 7. The predicted octanol–water partition coefficient (Wildman–Crippen LogP) is 4.41. The number of hydrogen-bond acceptors (Lipinski definition) is 6. The molecule has 0 bridgehead atoms. The highest BCUT2D eigenvalue weighted by molar-refractivity contribution is 8.14. The second-order valence-corrected chi connectivity index (χ2v) is 11.1. The molecule has 12 heteroatoms. The van der Waals surface area contributed by atoms with E-state index < -0.39 is 18.7 Å². The minimum absolute atomic E-state index is 0.0373. The van der Waals surface area contributed by atoms with E-state index in [4.69, 9.17) is 4.74 Å². The zero-order valence-electron chi connectivity index (χ0n) is 20.4. The SMILES string of the molecule is Cn1ncc(CC(=O)/N=C/C2CCC(CCN3CCC4N=C(OCC(F)(F)F)SC4CC3)CC2)c1F. The number of carbonyl (C=O) groups is 1. The fourth-order valence-electron chi connectivity index (χ4n) is 5.11. The molecule has 2 fully saturated rings. The van der Waals surface area contributed by atoms with E-state index in [0.717, 1.165) is 69.3 Å². The van der Waals surface area contributed by atoms with Crippen molar-refractivity contribution >= 4 is 29.1 Å². The molecule has 2 atom stereocenters. The van der Waals surface area contributed by atoms with Crippen LogP contribution < -0.4 is 0 Å². The van der Waals surface area contributed by atoms with Crippen molar-refractivity contribution in [3.05, 3.63) is 17.7 Å². The lowest BCUT2D eigenvalue weighted by Gasteiger charge is -2.28. The Bertz CT molecular complexity index is 959. The molecule has 2 aliphatic heterocycles. The Morgan fingerprint density at radius 1 is 1.22 bits per heavy atom. The zero-order valence-corrected chi connectivity index (χ0v) is 21.2. The van der Waals surface area contributed by atoms with Crippen LogP contribution in [0, 0.1) is 17.8 Å². The number of nitrogens with zero attached hydrogens (tertiary/aromatic N) is 5. The molecule has 1 aliphatic carbocycles. The summed E-state index contributed by atoms with van der Waals surface area (Å²) in [4.78, 5) is 23.0. The number of ether oxygens (including phenoxy) is 1. The van der Waals surface area contributed by atoms with Gasteiger partial charge in [-0.25, -0.2) is 14.7 Å². The van der Waals surface area contributed by atoms with Crippen LogP contribution in [0.25, 0.3) is 0 Å². The number of aryl methyl sites for hydroxylation is 1. The summed E-state index contributed by atoms with van der Waals surface area (Å²) in [5.41, 5.74) is 0.265. The summed E-state index contributed by atoms with van der Waals surface area (Å²) in [6, 6.07) is 0.0373. The molecule has 36 heavy (non-hydrogen) atoms. The Labute approximate surface area is 212 Å². The van der Waals surface area contributed by atoms with Gasteiger partial charge < -0.3 is 9.64 Å². The predicted molar refractivity (Wildman–Crippen MR) is 131 cm³/mol. The van der Waals surface area contributed by atoms with Crippen molar-refractivity contribution in [3.8, 4) is 0 Å². The van der Waals surface area contributed by atoms with Gasteiger partial charge in [0.2, 0.25) is 17.1 Å². The number of aliphatic imine (C=N–C) groups is 2. The lowest BCUT2D eigenvalue weighted by Crippen LogP contribution is -2.29. The number of halogens is 4. The maximum absolute atomic E-state index is 13.8. The maximum Gasteiger partial charge on any atom is 0.422 e. The van der Waals surface area contributed by atoms with Crippen molar-refractivity contribution in [1.29, 1.82) is 0 Å². The van der Waals surface area contributed by atoms with Crippen LogP contribution in [0.3, 0.4) is 0 Å². The quantitative estimate of drug-likeness (QED) is 0.385. The number of alkyl halides is 3. The van der Waals surface area contributed by atoms with E-state index in [1.165, 1.54) is 25.0 Å². The van der Waals surface area contributed by atoms with Crippen LogP contribution in [0.5, 0.6) is 0 Å². The molecule has 1 aromatic heterocycles. The first-order chi connectivity index (χ1) is 17.2. The molecule has 3 heterocycles. The van der Waals surface area contributed by atoms with Crippen molar-refractivity contribution in [3.63, 3.8) is 0 Å². The Hall–Kier alpha value is -1.95. The summed E-state index contributed by atoms with van der Waals surface area (Å²) >= 11 is 1.35. The third-order valence-electron chi connectivity index (χ3n) is 7.23. The highest BCUT2D eigenvalue weighted by atomic mass is 32.2.